The van der Waals surface area contributed by atoms with E-state index in [0.717, 1.165) is 11.4 Å². The van der Waals surface area contributed by atoms with Gasteiger partial charge in [0.1, 0.15) is 5.75 Å². The van der Waals surface area contributed by atoms with Gasteiger partial charge in [-0.1, -0.05) is 11.6 Å². The lowest BCUT2D eigenvalue weighted by Crippen LogP contribution is -2.36. The fraction of sp³-hybridized carbons (Fsp3) is 0.500. The molecule has 1 aromatic rings. The van der Waals surface area contributed by atoms with Crippen LogP contribution in [-0.4, -0.2) is 31.4 Å². The highest BCUT2D eigenvalue weighted by atomic mass is 35.5. The largest absolute Gasteiger partial charge is 0.497 e. The highest BCUT2D eigenvalue weighted by Crippen LogP contribution is 2.29. The molecule has 0 aromatic heterocycles. The van der Waals surface area contributed by atoms with Gasteiger partial charge in [-0.05, 0) is 26.0 Å². The standard InChI is InChI=1S/C12H18ClNO2/c1-12(2,15)8-14(3)11-6-5-9(16-4)7-10(11)13/h5-7,15H,8H2,1-4H3. The first-order valence-corrected chi connectivity index (χ1v) is 5.48. The molecule has 0 fully saturated rings. The average Bonchev–Trinajstić information content (AvgIpc) is 2.14. The molecule has 0 saturated carbocycles. The van der Waals surface area contributed by atoms with Crippen molar-refractivity contribution in [3.8, 4) is 5.75 Å². The summed E-state index contributed by atoms with van der Waals surface area (Å²) in [6, 6.07) is 5.49. The molecule has 0 unspecified atom stereocenters. The van der Waals surface area contributed by atoms with Crippen molar-refractivity contribution in [2.45, 2.75) is 19.4 Å². The molecule has 0 spiro atoms. The quantitative estimate of drug-likeness (QED) is 0.882. The number of aliphatic hydroxyl groups is 1. The van der Waals surface area contributed by atoms with Crippen LogP contribution >= 0.6 is 11.6 Å². The second kappa shape index (κ2) is 4.93. The van der Waals surface area contributed by atoms with E-state index >= 15 is 0 Å². The fourth-order valence-corrected chi connectivity index (χ4v) is 1.90. The number of halogens is 1. The smallest absolute Gasteiger partial charge is 0.120 e. The van der Waals surface area contributed by atoms with Gasteiger partial charge in [0.25, 0.3) is 0 Å². The molecule has 0 saturated heterocycles. The lowest BCUT2D eigenvalue weighted by atomic mass is 10.1. The first-order valence-electron chi connectivity index (χ1n) is 5.10. The van der Waals surface area contributed by atoms with Gasteiger partial charge < -0.3 is 14.7 Å². The van der Waals surface area contributed by atoms with E-state index in [1.165, 1.54) is 0 Å². The molecule has 0 radical (unpaired) electrons. The van der Waals surface area contributed by atoms with Crippen molar-refractivity contribution in [2.75, 3.05) is 25.6 Å². The number of nitrogens with zero attached hydrogens (tertiary/aromatic N) is 1. The molecule has 0 bridgehead atoms. The van der Waals surface area contributed by atoms with Gasteiger partial charge in [0.15, 0.2) is 0 Å². The molecule has 0 aliphatic rings. The van der Waals surface area contributed by atoms with Gasteiger partial charge in [-0.25, -0.2) is 0 Å². The number of hydrogen-bond acceptors (Lipinski definition) is 3. The molecular weight excluding hydrogens is 226 g/mol. The third-order valence-electron chi connectivity index (χ3n) is 2.19. The molecule has 0 heterocycles. The van der Waals surface area contributed by atoms with Crippen molar-refractivity contribution in [3.05, 3.63) is 23.2 Å². The van der Waals surface area contributed by atoms with Gasteiger partial charge in [-0.3, -0.25) is 0 Å². The minimum Gasteiger partial charge on any atom is -0.497 e. The Hall–Kier alpha value is -0.930. The van der Waals surface area contributed by atoms with Crippen LogP contribution in [0.25, 0.3) is 0 Å². The van der Waals surface area contributed by atoms with E-state index in [9.17, 15) is 5.11 Å². The first kappa shape index (κ1) is 13.1. The summed E-state index contributed by atoms with van der Waals surface area (Å²) in [7, 11) is 3.50. The maximum atomic E-state index is 9.73. The highest BCUT2D eigenvalue weighted by molar-refractivity contribution is 6.33. The summed E-state index contributed by atoms with van der Waals surface area (Å²) in [4.78, 5) is 1.92. The third-order valence-corrected chi connectivity index (χ3v) is 2.49. The number of hydrogen-bond donors (Lipinski definition) is 1. The average molecular weight is 244 g/mol. The Balaban J connectivity index is 2.88. The summed E-state index contributed by atoms with van der Waals surface area (Å²) in [5, 5.41) is 10.3. The molecule has 0 amide bonds. The molecule has 90 valence electrons. The lowest BCUT2D eigenvalue weighted by Gasteiger charge is -2.28. The third kappa shape index (κ3) is 3.58. The van der Waals surface area contributed by atoms with E-state index in [-0.39, 0.29) is 0 Å². The Morgan fingerprint density at radius 1 is 1.44 bits per heavy atom. The van der Waals surface area contributed by atoms with E-state index in [4.69, 9.17) is 16.3 Å². The summed E-state index contributed by atoms with van der Waals surface area (Å²) in [5.74, 6) is 0.727. The van der Waals surface area contributed by atoms with Crippen LogP contribution < -0.4 is 9.64 Å². The Labute approximate surface area is 102 Å². The van der Waals surface area contributed by atoms with Crippen molar-refractivity contribution in [2.24, 2.45) is 0 Å². The van der Waals surface area contributed by atoms with E-state index in [0.29, 0.717) is 11.6 Å². The molecule has 16 heavy (non-hydrogen) atoms. The molecule has 1 aromatic carbocycles. The van der Waals surface area contributed by atoms with Crippen molar-refractivity contribution < 1.29 is 9.84 Å². The monoisotopic (exact) mass is 243 g/mol. The molecule has 1 rings (SSSR count). The fourth-order valence-electron chi connectivity index (χ4n) is 1.59. The predicted octanol–water partition coefficient (Wildman–Crippen LogP) is 2.56. The Bertz CT molecular complexity index is 361. The summed E-state index contributed by atoms with van der Waals surface area (Å²) >= 11 is 6.13. The molecule has 0 aliphatic carbocycles. The second-order valence-corrected chi connectivity index (χ2v) is 4.89. The van der Waals surface area contributed by atoms with Crippen molar-refractivity contribution in [1.29, 1.82) is 0 Å². The molecule has 0 atom stereocenters. The van der Waals surface area contributed by atoms with Gasteiger partial charge in [0, 0.05) is 19.7 Å². The van der Waals surface area contributed by atoms with E-state index < -0.39 is 5.60 Å². The summed E-state index contributed by atoms with van der Waals surface area (Å²) < 4.78 is 5.08. The lowest BCUT2D eigenvalue weighted by molar-refractivity contribution is 0.0886. The Morgan fingerprint density at radius 2 is 2.06 bits per heavy atom. The van der Waals surface area contributed by atoms with Gasteiger partial charge in [-0.15, -0.1) is 0 Å². The SMILES string of the molecule is COc1ccc(N(C)CC(C)(C)O)c(Cl)c1. The molecular formula is C12H18ClNO2. The van der Waals surface area contributed by atoms with Gasteiger partial charge in [-0.2, -0.15) is 0 Å². The van der Waals surface area contributed by atoms with Crippen LogP contribution in [0.15, 0.2) is 18.2 Å². The van der Waals surface area contributed by atoms with Crippen LogP contribution in [-0.2, 0) is 0 Å². The zero-order valence-corrected chi connectivity index (χ0v) is 10.9. The molecule has 4 heteroatoms. The summed E-state index contributed by atoms with van der Waals surface area (Å²) in [6.07, 6.45) is 0. The normalized spacial score (nSPS) is 11.4. The van der Waals surface area contributed by atoms with Crippen LogP contribution in [0.4, 0.5) is 5.69 Å². The summed E-state index contributed by atoms with van der Waals surface area (Å²) in [5.41, 5.74) is 0.127. The highest BCUT2D eigenvalue weighted by Gasteiger charge is 2.17. The van der Waals surface area contributed by atoms with E-state index in [1.807, 2.05) is 24.1 Å². The van der Waals surface area contributed by atoms with Crippen molar-refractivity contribution in [3.63, 3.8) is 0 Å². The van der Waals surface area contributed by atoms with Crippen LogP contribution in [0.5, 0.6) is 5.75 Å². The van der Waals surface area contributed by atoms with Crippen molar-refractivity contribution >= 4 is 17.3 Å². The maximum absolute atomic E-state index is 9.73. The molecule has 3 nitrogen and oxygen atoms in total. The Kier molecular flexibility index (Phi) is 4.05. The first-order chi connectivity index (χ1) is 7.33. The molecule has 0 aliphatic heterocycles. The van der Waals surface area contributed by atoms with Gasteiger partial charge in [0.05, 0.1) is 23.4 Å². The zero-order chi connectivity index (χ0) is 12.3. The predicted molar refractivity (Wildman–Crippen MR) is 67.6 cm³/mol. The number of rotatable bonds is 4. The van der Waals surface area contributed by atoms with Crippen LogP contribution in [0.3, 0.4) is 0 Å². The minimum atomic E-state index is -0.752. The number of likely N-dealkylation sites (N-methyl/N-ethyl adjacent to an activating group) is 1. The Morgan fingerprint density at radius 3 is 2.50 bits per heavy atom. The zero-order valence-electron chi connectivity index (χ0n) is 10.1. The van der Waals surface area contributed by atoms with Crippen LogP contribution in [0.1, 0.15) is 13.8 Å². The number of benzene rings is 1. The number of anilines is 1. The minimum absolute atomic E-state index is 0.513. The van der Waals surface area contributed by atoms with Crippen LogP contribution in [0, 0.1) is 0 Å². The van der Waals surface area contributed by atoms with Gasteiger partial charge in [0.2, 0.25) is 0 Å². The summed E-state index contributed by atoms with van der Waals surface area (Å²) in [6.45, 7) is 4.04. The topological polar surface area (TPSA) is 32.7 Å². The van der Waals surface area contributed by atoms with Crippen molar-refractivity contribution in [1.82, 2.24) is 0 Å². The second-order valence-electron chi connectivity index (χ2n) is 4.49. The maximum Gasteiger partial charge on any atom is 0.120 e. The van der Waals surface area contributed by atoms with Crippen LogP contribution in [0.2, 0.25) is 5.02 Å². The number of ether oxygens (including phenoxy) is 1. The van der Waals surface area contributed by atoms with Gasteiger partial charge >= 0.3 is 0 Å². The molecule has 1 N–H and O–H groups in total. The van der Waals surface area contributed by atoms with E-state index in [2.05, 4.69) is 0 Å². The number of methoxy groups -OCH3 is 1. The van der Waals surface area contributed by atoms with E-state index in [1.54, 1.807) is 27.0 Å².